The van der Waals surface area contributed by atoms with Crippen LogP contribution >= 0.6 is 0 Å². The first kappa shape index (κ1) is 28.4. The second kappa shape index (κ2) is 15.3. The average Bonchev–Trinajstić information content (AvgIpc) is 2.97. The van der Waals surface area contributed by atoms with Crippen LogP contribution in [0.1, 0.15) is 59.4 Å². The van der Waals surface area contributed by atoms with Crippen LogP contribution in [-0.2, 0) is 15.6 Å². The Morgan fingerprint density at radius 1 is 1.15 bits per heavy atom. The molecule has 5 nitrogen and oxygen atoms in total. The number of para-hydroxylation sites is 1. The number of fused-ring (bicyclic) bond motifs is 1. The molecule has 1 N–H and O–H groups in total. The van der Waals surface area contributed by atoms with Gasteiger partial charge in [-0.1, -0.05) is 72.1 Å². The number of ether oxygens (including phenoxy) is 1. The fourth-order valence-electron chi connectivity index (χ4n) is 3.15. The van der Waals surface area contributed by atoms with E-state index in [0.29, 0.717) is 17.4 Å². The van der Waals surface area contributed by atoms with Crippen molar-refractivity contribution in [3.8, 4) is 5.75 Å². The fourth-order valence-corrected chi connectivity index (χ4v) is 4.74. The molecule has 0 saturated heterocycles. The molecule has 0 radical (unpaired) electrons. The van der Waals surface area contributed by atoms with Crippen molar-refractivity contribution in [2.45, 2.75) is 65.7 Å². The van der Waals surface area contributed by atoms with Gasteiger partial charge in [-0.15, -0.1) is 0 Å². The van der Waals surface area contributed by atoms with Gasteiger partial charge in [-0.2, -0.15) is 0 Å². The Labute approximate surface area is 201 Å². The summed E-state index contributed by atoms with van der Waals surface area (Å²) < 4.78 is 18.5. The summed E-state index contributed by atoms with van der Waals surface area (Å²) in [5.74, 6) is 0.352. The zero-order chi connectivity index (χ0) is 24.8. The molecule has 0 fully saturated rings. The Balaban J connectivity index is 0.000000820. The number of nitrogens with zero attached hydrogens (tertiary/aromatic N) is 1. The molecule has 6 heteroatoms. The number of unbranched alkanes of at least 4 members (excludes halogenated alkanes) is 1. The average molecular weight is 474 g/mol. The van der Waals surface area contributed by atoms with Crippen molar-refractivity contribution >= 4 is 28.1 Å². The molecule has 0 saturated carbocycles. The number of hydrogen-bond donors (Lipinski definition) is 1. The van der Waals surface area contributed by atoms with Crippen molar-refractivity contribution in [3.63, 3.8) is 0 Å². The molecule has 2 aromatic rings. The quantitative estimate of drug-likeness (QED) is 0.358. The lowest BCUT2D eigenvalue weighted by Gasteiger charge is -2.27. The number of carbonyl (C=O) groups is 1. The highest BCUT2D eigenvalue weighted by molar-refractivity contribution is 7.85. The van der Waals surface area contributed by atoms with E-state index >= 15 is 0 Å². The molecule has 3 rings (SSSR count). The maximum Gasteiger partial charge on any atom is 0.331 e. The summed E-state index contributed by atoms with van der Waals surface area (Å²) in [5.41, 5.74) is 2.84. The highest BCUT2D eigenvalue weighted by Crippen LogP contribution is 2.39. The van der Waals surface area contributed by atoms with Crippen LogP contribution in [-0.4, -0.2) is 27.6 Å². The largest absolute Gasteiger partial charge is 0.478 e. The lowest BCUT2D eigenvalue weighted by Crippen LogP contribution is -2.25. The van der Waals surface area contributed by atoms with Gasteiger partial charge in [0.25, 0.3) is 0 Å². The van der Waals surface area contributed by atoms with Gasteiger partial charge >= 0.3 is 5.97 Å². The number of anilines is 2. The first-order valence-electron chi connectivity index (χ1n) is 11.8. The van der Waals surface area contributed by atoms with Gasteiger partial charge in [0.05, 0.1) is 33.7 Å². The first-order chi connectivity index (χ1) is 15.9. The summed E-state index contributed by atoms with van der Waals surface area (Å²) in [6.45, 7) is 13.2. The minimum absolute atomic E-state index is 0.315. The van der Waals surface area contributed by atoms with Crippen LogP contribution in [0.3, 0.4) is 0 Å². The second-order valence-electron chi connectivity index (χ2n) is 7.58. The van der Waals surface area contributed by atoms with Crippen LogP contribution in [0.5, 0.6) is 5.75 Å². The van der Waals surface area contributed by atoms with Crippen LogP contribution < -0.4 is 9.64 Å². The van der Waals surface area contributed by atoms with Gasteiger partial charge < -0.3 is 14.7 Å². The molecule has 182 valence electrons. The summed E-state index contributed by atoms with van der Waals surface area (Å²) in [7, 11) is -1.15. The van der Waals surface area contributed by atoms with E-state index in [0.717, 1.165) is 47.1 Å². The van der Waals surface area contributed by atoms with E-state index in [1.807, 2.05) is 45.0 Å². The Morgan fingerprint density at radius 3 is 2.33 bits per heavy atom. The van der Waals surface area contributed by atoms with Crippen LogP contribution in [0, 0.1) is 12.8 Å². The summed E-state index contributed by atoms with van der Waals surface area (Å²) in [5, 5.41) is 8.73. The summed E-state index contributed by atoms with van der Waals surface area (Å²) in [6, 6.07) is 13.8. The first-order valence-corrected chi connectivity index (χ1v) is 13.1. The van der Waals surface area contributed by atoms with Crippen molar-refractivity contribution in [1.29, 1.82) is 0 Å². The SMILES string of the molecule is CC.CCCC.CC[C@H]1CN(c2ccccc2)c2cc(C)c(O/C=C/C(=O)O)cc2S(=O)C1. The van der Waals surface area contributed by atoms with Gasteiger partial charge in [-0.25, -0.2) is 4.79 Å². The Bertz CT molecular complexity index is 910. The maximum atomic E-state index is 13.0. The standard InChI is InChI=1S/C21H23NO4S.C4H10.C2H6/c1-3-16-13-22(17-7-5-4-6-8-17)18-11-15(2)19(26-10-9-21(23)24)12-20(18)27(25)14-16;1-3-4-2;1-2/h4-12,16H,3,13-14H2,1-2H3,(H,23,24);3-4H2,1-2H3;1-2H3/b10-9+;;/t16-,27?;;/m0../s1. The number of benzene rings is 2. The van der Waals surface area contributed by atoms with Crippen molar-refractivity contribution < 1.29 is 18.8 Å². The highest BCUT2D eigenvalue weighted by Gasteiger charge is 2.27. The van der Waals surface area contributed by atoms with Crippen molar-refractivity contribution in [2.24, 2.45) is 5.92 Å². The summed E-state index contributed by atoms with van der Waals surface area (Å²) in [6.07, 6.45) is 5.67. The molecular formula is C27H39NO4S. The second-order valence-corrected chi connectivity index (χ2v) is 9.04. The molecule has 1 unspecified atom stereocenters. The van der Waals surface area contributed by atoms with Gasteiger partial charge in [-0.3, -0.25) is 4.21 Å². The van der Waals surface area contributed by atoms with E-state index in [1.165, 1.54) is 12.8 Å². The highest BCUT2D eigenvalue weighted by atomic mass is 32.2. The molecule has 2 aromatic carbocycles. The van der Waals surface area contributed by atoms with E-state index in [1.54, 1.807) is 6.07 Å². The van der Waals surface area contributed by atoms with E-state index in [9.17, 15) is 9.00 Å². The Morgan fingerprint density at radius 2 is 1.79 bits per heavy atom. The molecular weight excluding hydrogens is 434 g/mol. The van der Waals surface area contributed by atoms with Gasteiger partial charge in [-0.05, 0) is 42.7 Å². The monoisotopic (exact) mass is 473 g/mol. The van der Waals surface area contributed by atoms with Gasteiger partial charge in [0, 0.05) is 18.0 Å². The predicted octanol–water partition coefficient (Wildman–Crippen LogP) is 7.09. The third kappa shape index (κ3) is 8.69. The zero-order valence-electron chi connectivity index (χ0n) is 20.8. The minimum Gasteiger partial charge on any atom is -0.478 e. The number of carboxylic acids is 1. The predicted molar refractivity (Wildman–Crippen MR) is 139 cm³/mol. The van der Waals surface area contributed by atoms with Crippen LogP contribution in [0.2, 0.25) is 0 Å². The Hall–Kier alpha value is -2.60. The van der Waals surface area contributed by atoms with Gasteiger partial charge in [0.15, 0.2) is 0 Å². The number of aliphatic carboxylic acids is 1. The third-order valence-electron chi connectivity index (χ3n) is 5.17. The topological polar surface area (TPSA) is 66.8 Å². The molecule has 0 aromatic heterocycles. The van der Waals surface area contributed by atoms with Crippen molar-refractivity contribution in [1.82, 2.24) is 0 Å². The van der Waals surface area contributed by atoms with Crippen molar-refractivity contribution in [3.05, 3.63) is 60.4 Å². The van der Waals surface area contributed by atoms with Crippen LogP contribution in [0.25, 0.3) is 0 Å². The molecule has 0 bridgehead atoms. The van der Waals surface area contributed by atoms with Crippen LogP contribution in [0.15, 0.2) is 59.7 Å². The van der Waals surface area contributed by atoms with E-state index in [4.69, 9.17) is 9.84 Å². The molecule has 1 aliphatic heterocycles. The molecule has 1 heterocycles. The molecule has 0 spiro atoms. The maximum absolute atomic E-state index is 13.0. The van der Waals surface area contributed by atoms with Gasteiger partial charge in [0.2, 0.25) is 0 Å². The number of aryl methyl sites for hydroxylation is 1. The third-order valence-corrected chi connectivity index (χ3v) is 6.76. The normalized spacial score (nSPS) is 17.1. The fraction of sp³-hybridized carbons (Fsp3) is 0.444. The lowest BCUT2D eigenvalue weighted by atomic mass is 10.1. The number of rotatable bonds is 6. The Kier molecular flexibility index (Phi) is 13.2. The van der Waals surface area contributed by atoms with Crippen LogP contribution in [0.4, 0.5) is 11.4 Å². The van der Waals surface area contributed by atoms with E-state index in [-0.39, 0.29) is 0 Å². The molecule has 2 atom stereocenters. The molecule has 1 aliphatic rings. The summed E-state index contributed by atoms with van der Waals surface area (Å²) >= 11 is 0. The molecule has 0 amide bonds. The van der Waals surface area contributed by atoms with E-state index in [2.05, 4.69) is 37.8 Å². The lowest BCUT2D eigenvalue weighted by molar-refractivity contribution is -0.131. The number of carboxylic acid groups (broad SMARTS) is 1. The number of hydrogen-bond acceptors (Lipinski definition) is 4. The summed E-state index contributed by atoms with van der Waals surface area (Å²) in [4.78, 5) is 13.6. The minimum atomic E-state index is -1.15. The van der Waals surface area contributed by atoms with E-state index < -0.39 is 16.8 Å². The molecule has 0 aliphatic carbocycles. The molecule has 33 heavy (non-hydrogen) atoms. The van der Waals surface area contributed by atoms with Gasteiger partial charge in [0.1, 0.15) is 5.75 Å². The zero-order valence-corrected chi connectivity index (χ0v) is 21.7. The van der Waals surface area contributed by atoms with Crippen molar-refractivity contribution in [2.75, 3.05) is 17.2 Å². The smallest absolute Gasteiger partial charge is 0.331 e.